The number of ether oxygens (including phenoxy) is 2. The van der Waals surface area contributed by atoms with Crippen molar-refractivity contribution in [2.75, 3.05) is 7.11 Å². The lowest BCUT2D eigenvalue weighted by Crippen LogP contribution is -2.02. The number of benzene rings is 1. The molecule has 1 aromatic carbocycles. The number of nitrogens with zero attached hydrogens (tertiary/aromatic N) is 3. The van der Waals surface area contributed by atoms with Gasteiger partial charge in [0, 0.05) is 25.7 Å². The van der Waals surface area contributed by atoms with Gasteiger partial charge in [-0.25, -0.2) is 4.98 Å². The first-order valence-corrected chi connectivity index (χ1v) is 6.75. The molecular formula is C16H15N3O3. The van der Waals surface area contributed by atoms with Crippen molar-refractivity contribution in [2.24, 2.45) is 7.05 Å². The molecule has 2 heterocycles. The molecule has 0 amide bonds. The lowest BCUT2D eigenvalue weighted by atomic mass is 10.2. The smallest absolute Gasteiger partial charge is 0.308 e. The Balaban J connectivity index is 2.25. The highest BCUT2D eigenvalue weighted by atomic mass is 16.5. The van der Waals surface area contributed by atoms with Crippen molar-refractivity contribution >= 4 is 17.0 Å². The van der Waals surface area contributed by atoms with Crippen LogP contribution >= 0.6 is 0 Å². The number of esters is 1. The van der Waals surface area contributed by atoms with Crippen molar-refractivity contribution in [3.05, 3.63) is 36.5 Å². The molecule has 6 nitrogen and oxygen atoms in total. The molecule has 22 heavy (non-hydrogen) atoms. The van der Waals surface area contributed by atoms with E-state index in [4.69, 9.17) is 9.47 Å². The second-order valence-corrected chi connectivity index (χ2v) is 4.82. The summed E-state index contributed by atoms with van der Waals surface area (Å²) in [6, 6.07) is 9.63. The van der Waals surface area contributed by atoms with Crippen LogP contribution in [-0.2, 0) is 11.8 Å². The number of fused-ring (bicyclic) bond motifs is 1. The minimum atomic E-state index is -0.401. The molecule has 6 heteroatoms. The molecular weight excluding hydrogens is 282 g/mol. The number of hydrogen-bond donors (Lipinski definition) is 0. The largest absolute Gasteiger partial charge is 0.480 e. The molecule has 0 aliphatic rings. The van der Waals surface area contributed by atoms with Gasteiger partial charge in [0.2, 0.25) is 5.88 Å². The van der Waals surface area contributed by atoms with E-state index in [0.717, 1.165) is 5.56 Å². The van der Waals surface area contributed by atoms with Crippen LogP contribution < -0.4 is 9.47 Å². The van der Waals surface area contributed by atoms with Crippen LogP contribution in [0.4, 0.5) is 0 Å². The van der Waals surface area contributed by atoms with E-state index < -0.39 is 5.97 Å². The van der Waals surface area contributed by atoms with Gasteiger partial charge < -0.3 is 14.0 Å². The molecule has 0 N–H and O–H groups in total. The maximum absolute atomic E-state index is 11.2. The number of hydrogen-bond acceptors (Lipinski definition) is 5. The summed E-state index contributed by atoms with van der Waals surface area (Å²) in [7, 11) is 3.36. The van der Waals surface area contributed by atoms with Crippen LogP contribution in [0.25, 0.3) is 22.4 Å². The molecule has 0 aliphatic heterocycles. The summed E-state index contributed by atoms with van der Waals surface area (Å²) in [5.41, 5.74) is 1.53. The fourth-order valence-electron chi connectivity index (χ4n) is 2.30. The number of aryl methyl sites for hydroxylation is 1. The summed E-state index contributed by atoms with van der Waals surface area (Å²) >= 11 is 0. The fraction of sp³-hybridized carbons (Fsp3) is 0.188. The van der Waals surface area contributed by atoms with Crippen molar-refractivity contribution in [1.29, 1.82) is 0 Å². The Hall–Kier alpha value is -2.89. The molecule has 3 rings (SSSR count). The van der Waals surface area contributed by atoms with E-state index in [9.17, 15) is 4.79 Å². The van der Waals surface area contributed by atoms with E-state index >= 15 is 0 Å². The summed E-state index contributed by atoms with van der Waals surface area (Å²) in [6.45, 7) is 1.35. The number of methoxy groups -OCH3 is 1. The highest BCUT2D eigenvalue weighted by molar-refractivity contribution is 5.91. The van der Waals surface area contributed by atoms with Crippen LogP contribution in [-0.4, -0.2) is 27.6 Å². The molecule has 0 radical (unpaired) electrons. The maximum Gasteiger partial charge on any atom is 0.308 e. The third-order valence-corrected chi connectivity index (χ3v) is 3.23. The Kier molecular flexibility index (Phi) is 3.50. The van der Waals surface area contributed by atoms with Crippen molar-refractivity contribution < 1.29 is 14.3 Å². The van der Waals surface area contributed by atoms with Gasteiger partial charge in [0.05, 0.1) is 7.11 Å². The topological polar surface area (TPSA) is 66.2 Å². The molecule has 112 valence electrons. The highest BCUT2D eigenvalue weighted by Gasteiger charge is 2.19. The summed E-state index contributed by atoms with van der Waals surface area (Å²) in [5.74, 6) is 0.921. The van der Waals surface area contributed by atoms with Gasteiger partial charge in [-0.15, -0.1) is 0 Å². The van der Waals surface area contributed by atoms with Gasteiger partial charge in [-0.3, -0.25) is 4.79 Å². The van der Waals surface area contributed by atoms with Gasteiger partial charge in [-0.2, -0.15) is 4.98 Å². The Morgan fingerprint density at radius 1 is 1.18 bits per heavy atom. The molecule has 0 atom stereocenters. The first kappa shape index (κ1) is 14.1. The van der Waals surface area contributed by atoms with Crippen LogP contribution in [0.5, 0.6) is 11.6 Å². The zero-order chi connectivity index (χ0) is 15.7. The third-order valence-electron chi connectivity index (χ3n) is 3.23. The normalized spacial score (nSPS) is 10.7. The zero-order valence-electron chi connectivity index (χ0n) is 12.5. The minimum absolute atomic E-state index is 0.376. The van der Waals surface area contributed by atoms with Gasteiger partial charge in [0.1, 0.15) is 5.39 Å². The predicted octanol–water partition coefficient (Wildman–Crippen LogP) is 2.57. The van der Waals surface area contributed by atoms with Crippen LogP contribution in [0, 0.1) is 0 Å². The monoisotopic (exact) mass is 297 g/mol. The molecule has 0 aliphatic carbocycles. The summed E-state index contributed by atoms with van der Waals surface area (Å²) in [6.07, 6.45) is 1.69. The summed E-state index contributed by atoms with van der Waals surface area (Å²) in [5, 5.41) is 0.583. The van der Waals surface area contributed by atoms with Crippen molar-refractivity contribution in [3.63, 3.8) is 0 Å². The predicted molar refractivity (Wildman–Crippen MR) is 81.8 cm³/mol. The number of carbonyl (C=O) groups is 1. The molecule has 2 aromatic heterocycles. The second kappa shape index (κ2) is 5.48. The Morgan fingerprint density at radius 3 is 2.55 bits per heavy atom. The molecule has 0 fully saturated rings. The first-order valence-electron chi connectivity index (χ1n) is 6.75. The summed E-state index contributed by atoms with van der Waals surface area (Å²) < 4.78 is 12.4. The van der Waals surface area contributed by atoms with Gasteiger partial charge in [0.25, 0.3) is 0 Å². The quantitative estimate of drug-likeness (QED) is 0.695. The van der Waals surface area contributed by atoms with Crippen molar-refractivity contribution in [1.82, 2.24) is 14.5 Å². The number of rotatable bonds is 3. The Bertz CT molecular complexity index is 841. The van der Waals surface area contributed by atoms with Gasteiger partial charge in [-0.05, 0) is 0 Å². The first-order chi connectivity index (χ1) is 10.6. The molecule has 0 bridgehead atoms. The van der Waals surface area contributed by atoms with Gasteiger partial charge in [0.15, 0.2) is 17.2 Å². The zero-order valence-corrected chi connectivity index (χ0v) is 12.5. The summed E-state index contributed by atoms with van der Waals surface area (Å²) in [4.78, 5) is 20.2. The SMILES string of the molecule is COc1nc(-c2ccccc2)nc2c1c(OC(C)=O)cn2C. The fourth-order valence-corrected chi connectivity index (χ4v) is 2.30. The van der Waals surface area contributed by atoms with Crippen LogP contribution in [0.3, 0.4) is 0 Å². The average Bonchev–Trinajstić information content (AvgIpc) is 2.83. The van der Waals surface area contributed by atoms with E-state index in [1.54, 1.807) is 10.8 Å². The maximum atomic E-state index is 11.2. The van der Waals surface area contributed by atoms with Gasteiger partial charge in [-0.1, -0.05) is 30.3 Å². The van der Waals surface area contributed by atoms with E-state index in [0.29, 0.717) is 28.5 Å². The highest BCUT2D eigenvalue weighted by Crippen LogP contribution is 2.35. The van der Waals surface area contributed by atoms with E-state index in [1.807, 2.05) is 37.4 Å². The van der Waals surface area contributed by atoms with E-state index in [2.05, 4.69) is 9.97 Å². The molecule has 0 unspecified atom stereocenters. The van der Waals surface area contributed by atoms with Crippen molar-refractivity contribution in [3.8, 4) is 23.0 Å². The lowest BCUT2D eigenvalue weighted by Gasteiger charge is -2.07. The second-order valence-electron chi connectivity index (χ2n) is 4.82. The minimum Gasteiger partial charge on any atom is -0.480 e. The van der Waals surface area contributed by atoms with Crippen LogP contribution in [0.15, 0.2) is 36.5 Å². The number of carbonyl (C=O) groups excluding carboxylic acids is 1. The lowest BCUT2D eigenvalue weighted by molar-refractivity contribution is -0.131. The Morgan fingerprint density at radius 2 is 1.91 bits per heavy atom. The van der Waals surface area contributed by atoms with Gasteiger partial charge >= 0.3 is 5.97 Å². The molecule has 0 saturated carbocycles. The molecule has 0 spiro atoms. The molecule has 3 aromatic rings. The van der Waals surface area contributed by atoms with Crippen LogP contribution in [0.1, 0.15) is 6.92 Å². The third kappa shape index (κ3) is 2.39. The van der Waals surface area contributed by atoms with Crippen molar-refractivity contribution in [2.45, 2.75) is 6.92 Å². The van der Waals surface area contributed by atoms with E-state index in [-0.39, 0.29) is 0 Å². The standard InChI is InChI=1S/C16H15N3O3/c1-10(20)22-12-9-19(2)15-13(12)16(21-3)18-14(17-15)11-7-5-4-6-8-11/h4-9H,1-3H3. The molecule has 0 saturated heterocycles. The van der Waals surface area contributed by atoms with Crippen LogP contribution in [0.2, 0.25) is 0 Å². The Labute approximate surface area is 127 Å². The van der Waals surface area contributed by atoms with E-state index in [1.165, 1.54) is 14.0 Å². The number of aromatic nitrogens is 3. The average molecular weight is 297 g/mol.